The van der Waals surface area contributed by atoms with Crippen molar-refractivity contribution in [1.82, 2.24) is 14.8 Å². The molecule has 0 saturated heterocycles. The molecule has 1 unspecified atom stereocenters. The molecule has 1 atom stereocenters. The molecule has 0 aliphatic heterocycles. The first-order chi connectivity index (χ1) is 8.28. The van der Waals surface area contributed by atoms with Crippen LogP contribution in [-0.4, -0.2) is 20.8 Å². The van der Waals surface area contributed by atoms with Crippen molar-refractivity contribution in [3.63, 3.8) is 0 Å². The minimum absolute atomic E-state index is 0.218. The molecule has 0 aromatic carbocycles. The molecule has 0 radical (unpaired) electrons. The predicted molar refractivity (Wildman–Crippen MR) is 64.3 cm³/mol. The highest BCUT2D eigenvalue weighted by Crippen LogP contribution is 2.06. The maximum absolute atomic E-state index is 8.66. The molecule has 2 rings (SSSR count). The topological polar surface area (TPSA) is 66.5 Å². The van der Waals surface area contributed by atoms with Crippen molar-refractivity contribution in [3.05, 3.63) is 42.4 Å². The minimum Gasteiger partial charge on any atom is -0.366 e. The highest BCUT2D eigenvalue weighted by molar-refractivity contribution is 5.39. The molecule has 0 fully saturated rings. The van der Waals surface area contributed by atoms with E-state index in [9.17, 15) is 0 Å². The van der Waals surface area contributed by atoms with Crippen molar-refractivity contribution in [2.45, 2.75) is 19.5 Å². The molecule has 86 valence electrons. The summed E-state index contributed by atoms with van der Waals surface area (Å²) in [5.74, 6) is 0.767. The van der Waals surface area contributed by atoms with Gasteiger partial charge in [0.1, 0.15) is 11.9 Å². The standard InChI is InChI=1S/C12H13N5/c1-10(9-17-6-2-5-15-17)16-12-4-3-11(7-13)8-14-12/h2-6,8,10H,9H2,1H3,(H,14,16). The Morgan fingerprint density at radius 3 is 3.00 bits per heavy atom. The first kappa shape index (κ1) is 11.1. The predicted octanol–water partition coefficient (Wildman–Crippen LogP) is 1.65. The molecule has 5 nitrogen and oxygen atoms in total. The number of nitrogens with one attached hydrogen (secondary N) is 1. The van der Waals surface area contributed by atoms with Crippen molar-refractivity contribution in [2.75, 3.05) is 5.32 Å². The van der Waals surface area contributed by atoms with Gasteiger partial charge in [-0.15, -0.1) is 0 Å². The molecule has 2 aromatic rings. The van der Waals surface area contributed by atoms with E-state index in [4.69, 9.17) is 5.26 Å². The van der Waals surface area contributed by atoms with Crippen molar-refractivity contribution in [1.29, 1.82) is 5.26 Å². The van der Waals surface area contributed by atoms with Gasteiger partial charge in [-0.2, -0.15) is 10.4 Å². The van der Waals surface area contributed by atoms with Crippen LogP contribution in [0.3, 0.4) is 0 Å². The molecule has 17 heavy (non-hydrogen) atoms. The van der Waals surface area contributed by atoms with Crippen LogP contribution < -0.4 is 5.32 Å². The summed E-state index contributed by atoms with van der Waals surface area (Å²) in [6, 6.07) is 7.70. The van der Waals surface area contributed by atoms with Gasteiger partial charge < -0.3 is 5.32 Å². The number of anilines is 1. The van der Waals surface area contributed by atoms with Crippen LogP contribution in [0, 0.1) is 11.3 Å². The summed E-state index contributed by atoms with van der Waals surface area (Å²) in [4.78, 5) is 4.16. The largest absolute Gasteiger partial charge is 0.366 e. The maximum atomic E-state index is 8.66. The third-order valence-corrected chi connectivity index (χ3v) is 2.31. The first-order valence-electron chi connectivity index (χ1n) is 5.38. The highest BCUT2D eigenvalue weighted by Gasteiger charge is 2.03. The van der Waals surface area contributed by atoms with Crippen LogP contribution in [-0.2, 0) is 6.54 Å². The summed E-state index contributed by atoms with van der Waals surface area (Å²) >= 11 is 0. The zero-order valence-corrected chi connectivity index (χ0v) is 9.54. The van der Waals surface area contributed by atoms with Crippen molar-refractivity contribution < 1.29 is 0 Å². The van der Waals surface area contributed by atoms with Crippen LogP contribution in [0.15, 0.2) is 36.8 Å². The molecule has 0 aliphatic carbocycles. The van der Waals surface area contributed by atoms with Crippen molar-refractivity contribution in [2.24, 2.45) is 0 Å². The summed E-state index contributed by atoms with van der Waals surface area (Å²) in [5.41, 5.74) is 0.565. The van der Waals surface area contributed by atoms with Gasteiger partial charge in [0.05, 0.1) is 12.1 Å². The third kappa shape index (κ3) is 3.05. The van der Waals surface area contributed by atoms with Gasteiger partial charge in [0.25, 0.3) is 0 Å². The summed E-state index contributed by atoms with van der Waals surface area (Å²) in [6.45, 7) is 2.83. The van der Waals surface area contributed by atoms with E-state index >= 15 is 0 Å². The van der Waals surface area contributed by atoms with Gasteiger partial charge in [0, 0.05) is 24.6 Å². The SMILES string of the molecule is CC(Cn1cccn1)Nc1ccc(C#N)cn1. The Kier molecular flexibility index (Phi) is 3.36. The normalized spacial score (nSPS) is 11.8. The molecule has 2 aromatic heterocycles. The second-order valence-electron chi connectivity index (χ2n) is 3.82. The van der Waals surface area contributed by atoms with E-state index in [1.807, 2.05) is 23.0 Å². The average molecular weight is 227 g/mol. The zero-order chi connectivity index (χ0) is 12.1. The Morgan fingerprint density at radius 2 is 2.41 bits per heavy atom. The van der Waals surface area contributed by atoms with E-state index in [0.717, 1.165) is 12.4 Å². The van der Waals surface area contributed by atoms with E-state index in [1.165, 1.54) is 0 Å². The Balaban J connectivity index is 1.94. The number of pyridine rings is 1. The fourth-order valence-corrected chi connectivity index (χ4v) is 1.53. The smallest absolute Gasteiger partial charge is 0.126 e. The van der Waals surface area contributed by atoms with Crippen LogP contribution in [0.4, 0.5) is 5.82 Å². The molecular formula is C12H13N5. The van der Waals surface area contributed by atoms with Crippen molar-refractivity contribution >= 4 is 5.82 Å². The second kappa shape index (κ2) is 5.12. The number of rotatable bonds is 4. The van der Waals surface area contributed by atoms with E-state index in [2.05, 4.69) is 22.3 Å². The highest BCUT2D eigenvalue weighted by atomic mass is 15.3. The summed E-state index contributed by atoms with van der Waals surface area (Å²) in [6.07, 6.45) is 5.24. The number of aromatic nitrogens is 3. The fraction of sp³-hybridized carbons (Fsp3) is 0.250. The molecule has 0 aliphatic rings. The quantitative estimate of drug-likeness (QED) is 0.862. The van der Waals surface area contributed by atoms with E-state index < -0.39 is 0 Å². The lowest BCUT2D eigenvalue weighted by molar-refractivity contribution is 0.560. The lowest BCUT2D eigenvalue weighted by atomic mass is 10.3. The van der Waals surface area contributed by atoms with Gasteiger partial charge in [-0.25, -0.2) is 4.98 Å². The Morgan fingerprint density at radius 1 is 1.53 bits per heavy atom. The molecule has 5 heteroatoms. The van der Waals surface area contributed by atoms with E-state index in [0.29, 0.717) is 5.56 Å². The molecule has 0 saturated carbocycles. The van der Waals surface area contributed by atoms with Gasteiger partial charge in [0.2, 0.25) is 0 Å². The first-order valence-corrected chi connectivity index (χ1v) is 5.38. The van der Waals surface area contributed by atoms with Gasteiger partial charge in [-0.05, 0) is 25.1 Å². The number of nitriles is 1. The Hall–Kier alpha value is -2.35. The summed E-state index contributed by atoms with van der Waals surface area (Å²) in [7, 11) is 0. The van der Waals surface area contributed by atoms with Crippen LogP contribution in [0.2, 0.25) is 0 Å². The van der Waals surface area contributed by atoms with Gasteiger partial charge in [-0.3, -0.25) is 4.68 Å². The molecule has 0 amide bonds. The van der Waals surface area contributed by atoms with E-state index in [1.54, 1.807) is 24.5 Å². The second-order valence-corrected chi connectivity index (χ2v) is 3.82. The summed E-state index contributed by atoms with van der Waals surface area (Å²) < 4.78 is 1.86. The zero-order valence-electron chi connectivity index (χ0n) is 9.54. The number of nitrogens with zero attached hydrogens (tertiary/aromatic N) is 4. The Bertz CT molecular complexity index is 495. The van der Waals surface area contributed by atoms with Crippen LogP contribution in [0.25, 0.3) is 0 Å². The van der Waals surface area contributed by atoms with Gasteiger partial charge in [0.15, 0.2) is 0 Å². The molecule has 0 bridgehead atoms. The van der Waals surface area contributed by atoms with Gasteiger partial charge >= 0.3 is 0 Å². The van der Waals surface area contributed by atoms with Crippen LogP contribution >= 0.6 is 0 Å². The third-order valence-electron chi connectivity index (χ3n) is 2.31. The molecule has 1 N–H and O–H groups in total. The fourth-order valence-electron chi connectivity index (χ4n) is 1.53. The Labute approximate surface area is 99.7 Å². The van der Waals surface area contributed by atoms with Crippen molar-refractivity contribution in [3.8, 4) is 6.07 Å². The molecule has 0 spiro atoms. The molecule has 2 heterocycles. The lowest BCUT2D eigenvalue weighted by Crippen LogP contribution is -2.22. The van der Waals surface area contributed by atoms with Gasteiger partial charge in [-0.1, -0.05) is 0 Å². The van der Waals surface area contributed by atoms with Crippen LogP contribution in [0.5, 0.6) is 0 Å². The summed E-state index contributed by atoms with van der Waals surface area (Å²) in [5, 5.41) is 16.0. The minimum atomic E-state index is 0.218. The van der Waals surface area contributed by atoms with E-state index in [-0.39, 0.29) is 6.04 Å². The average Bonchev–Trinajstić information content (AvgIpc) is 2.82. The molecular weight excluding hydrogens is 214 g/mol. The number of hydrogen-bond donors (Lipinski definition) is 1. The van der Waals surface area contributed by atoms with Crippen LogP contribution in [0.1, 0.15) is 12.5 Å². The number of hydrogen-bond acceptors (Lipinski definition) is 4. The maximum Gasteiger partial charge on any atom is 0.126 e. The lowest BCUT2D eigenvalue weighted by Gasteiger charge is -2.14. The monoisotopic (exact) mass is 227 g/mol.